The van der Waals surface area contributed by atoms with Gasteiger partial charge in [0.15, 0.2) is 0 Å². The number of pyridine rings is 1. The number of nitrogens with one attached hydrogen (secondary N) is 1. The van der Waals surface area contributed by atoms with Crippen LogP contribution in [0.3, 0.4) is 0 Å². The van der Waals surface area contributed by atoms with Crippen molar-refractivity contribution in [1.82, 2.24) is 10.3 Å². The predicted molar refractivity (Wildman–Crippen MR) is 155 cm³/mol. The highest BCUT2D eigenvalue weighted by atomic mass is 35.5. The molecule has 0 spiro atoms. The molecule has 1 N–H and O–H groups in total. The van der Waals surface area contributed by atoms with Gasteiger partial charge in [0.25, 0.3) is 5.91 Å². The molecule has 9 nitrogen and oxygen atoms in total. The van der Waals surface area contributed by atoms with E-state index in [0.29, 0.717) is 6.07 Å². The molecular weight excluding hydrogens is 618 g/mol. The normalized spacial score (nSPS) is 18.8. The summed E-state index contributed by atoms with van der Waals surface area (Å²) in [5, 5.41) is 12.1. The molecule has 234 valence electrons. The van der Waals surface area contributed by atoms with Gasteiger partial charge in [-0.05, 0) is 43.2 Å². The van der Waals surface area contributed by atoms with E-state index in [-0.39, 0.29) is 53.5 Å². The van der Waals surface area contributed by atoms with Crippen molar-refractivity contribution in [3.05, 3.63) is 88.6 Å². The molecular formula is C31H26ClF4N5O4. The van der Waals surface area contributed by atoms with Crippen LogP contribution in [0.4, 0.5) is 33.9 Å². The van der Waals surface area contributed by atoms with Gasteiger partial charge >= 0.3 is 6.09 Å². The first-order valence-electron chi connectivity index (χ1n) is 14.0. The number of hydrogen-bond acceptors (Lipinski definition) is 6. The first-order valence-corrected chi connectivity index (χ1v) is 14.4. The van der Waals surface area contributed by atoms with Crippen molar-refractivity contribution in [2.45, 2.75) is 56.2 Å². The standard InChI is InChI=1S/C31H26ClF4N5O4/c32-24-4-2-1-3-23(24)27(28(42)39-21-5-9-31(35,36)10-6-21)40(22-15-19(33)14-20(34)16-22)29(43)25-8-12-45-30(44)41(25)26-13-18(17-37)7-11-38-26/h1-4,7,11,13-16,21,25,27H,5-6,8-10,12H2,(H,39,42). The second-order valence-corrected chi connectivity index (χ2v) is 11.1. The van der Waals surface area contributed by atoms with E-state index in [1.807, 2.05) is 6.07 Å². The number of carbonyl (C=O) groups excluding carboxylic acids is 3. The number of alkyl halides is 2. The topological polar surface area (TPSA) is 116 Å². The van der Waals surface area contributed by atoms with E-state index in [0.717, 1.165) is 21.9 Å². The Morgan fingerprint density at radius 2 is 1.78 bits per heavy atom. The molecule has 1 aromatic heterocycles. The van der Waals surface area contributed by atoms with Crippen molar-refractivity contribution < 1.29 is 36.7 Å². The third-order valence-electron chi connectivity index (χ3n) is 7.66. The van der Waals surface area contributed by atoms with E-state index >= 15 is 0 Å². The van der Waals surface area contributed by atoms with E-state index in [9.17, 15) is 37.2 Å². The summed E-state index contributed by atoms with van der Waals surface area (Å²) in [6.07, 6.45) is -0.842. The van der Waals surface area contributed by atoms with E-state index in [1.54, 1.807) is 12.1 Å². The molecule has 2 aromatic carbocycles. The fourth-order valence-corrected chi connectivity index (χ4v) is 5.73. The van der Waals surface area contributed by atoms with E-state index in [2.05, 4.69) is 10.3 Å². The maximum atomic E-state index is 14.7. The molecule has 2 unspecified atom stereocenters. The lowest BCUT2D eigenvalue weighted by molar-refractivity contribution is -0.128. The number of amides is 3. The zero-order chi connectivity index (χ0) is 32.3. The number of nitriles is 1. The molecule has 1 aliphatic heterocycles. The number of cyclic esters (lactones) is 1. The minimum Gasteiger partial charge on any atom is -0.449 e. The lowest BCUT2D eigenvalue weighted by Gasteiger charge is -2.39. The summed E-state index contributed by atoms with van der Waals surface area (Å²) in [5.74, 6) is -6.88. The average molecular weight is 644 g/mol. The second kappa shape index (κ2) is 13.1. The Balaban J connectivity index is 1.63. The fraction of sp³-hybridized carbons (Fsp3) is 0.323. The Morgan fingerprint density at radius 3 is 2.44 bits per heavy atom. The molecule has 1 saturated heterocycles. The molecule has 3 amide bonds. The largest absolute Gasteiger partial charge is 0.449 e. The highest BCUT2D eigenvalue weighted by molar-refractivity contribution is 6.31. The lowest BCUT2D eigenvalue weighted by Crippen LogP contribution is -2.57. The number of carbonyl (C=O) groups is 3. The average Bonchev–Trinajstić information content (AvgIpc) is 3.00. The summed E-state index contributed by atoms with van der Waals surface area (Å²) in [5.41, 5.74) is -0.171. The summed E-state index contributed by atoms with van der Waals surface area (Å²) in [7, 11) is 0. The zero-order valence-electron chi connectivity index (χ0n) is 23.6. The Morgan fingerprint density at radius 1 is 1.09 bits per heavy atom. The number of anilines is 2. The highest BCUT2D eigenvalue weighted by Gasteiger charge is 2.45. The fourth-order valence-electron chi connectivity index (χ4n) is 5.49. The molecule has 1 saturated carbocycles. The summed E-state index contributed by atoms with van der Waals surface area (Å²) in [6, 6.07) is 9.11. The van der Waals surface area contributed by atoms with E-state index < -0.39 is 66.4 Å². The van der Waals surface area contributed by atoms with Crippen LogP contribution < -0.4 is 15.1 Å². The van der Waals surface area contributed by atoms with Gasteiger partial charge in [0.1, 0.15) is 29.5 Å². The van der Waals surface area contributed by atoms with Crippen LogP contribution in [0.15, 0.2) is 60.8 Å². The highest BCUT2D eigenvalue weighted by Crippen LogP contribution is 2.37. The van der Waals surface area contributed by atoms with Crippen LogP contribution in [0.2, 0.25) is 5.02 Å². The number of nitrogens with zero attached hydrogens (tertiary/aromatic N) is 4. The van der Waals surface area contributed by atoms with E-state index in [4.69, 9.17) is 16.3 Å². The molecule has 0 radical (unpaired) electrons. The lowest BCUT2D eigenvalue weighted by atomic mass is 9.91. The van der Waals surface area contributed by atoms with Gasteiger partial charge in [0.05, 0.1) is 23.9 Å². The quantitative estimate of drug-likeness (QED) is 0.313. The first kappa shape index (κ1) is 31.7. The summed E-state index contributed by atoms with van der Waals surface area (Å²) in [6.45, 7) is -0.214. The van der Waals surface area contributed by atoms with Gasteiger partial charge in [0.2, 0.25) is 11.8 Å². The smallest absolute Gasteiger partial charge is 0.416 e. The molecule has 0 bridgehead atoms. The summed E-state index contributed by atoms with van der Waals surface area (Å²) < 4.78 is 62.2. The van der Waals surface area contributed by atoms with Crippen LogP contribution in [0, 0.1) is 23.0 Å². The minimum atomic E-state index is -2.87. The predicted octanol–water partition coefficient (Wildman–Crippen LogP) is 6.07. The maximum absolute atomic E-state index is 14.7. The Kier molecular flexibility index (Phi) is 9.24. The molecule has 45 heavy (non-hydrogen) atoms. The third-order valence-corrected chi connectivity index (χ3v) is 8.01. The number of hydrogen-bond donors (Lipinski definition) is 1. The number of benzene rings is 2. The minimum absolute atomic E-state index is 0.0331. The molecule has 14 heteroatoms. The van der Waals surface area contributed by atoms with Crippen LogP contribution in [0.5, 0.6) is 0 Å². The number of ether oxygens (including phenoxy) is 1. The molecule has 1 aliphatic carbocycles. The van der Waals surface area contributed by atoms with Crippen LogP contribution in [-0.4, -0.2) is 47.5 Å². The van der Waals surface area contributed by atoms with Gasteiger partial charge < -0.3 is 10.1 Å². The van der Waals surface area contributed by atoms with Gasteiger partial charge in [-0.25, -0.2) is 32.2 Å². The summed E-state index contributed by atoms with van der Waals surface area (Å²) >= 11 is 6.52. The second-order valence-electron chi connectivity index (χ2n) is 10.7. The van der Waals surface area contributed by atoms with Crippen molar-refractivity contribution in [3.8, 4) is 6.07 Å². The van der Waals surface area contributed by atoms with Gasteiger partial charge in [-0.3, -0.25) is 14.5 Å². The van der Waals surface area contributed by atoms with Gasteiger partial charge in [-0.1, -0.05) is 29.8 Å². The van der Waals surface area contributed by atoms with Crippen LogP contribution in [-0.2, 0) is 14.3 Å². The van der Waals surface area contributed by atoms with Crippen molar-refractivity contribution >= 4 is 41.0 Å². The third kappa shape index (κ3) is 7.01. The number of aromatic nitrogens is 1. The molecule has 2 fully saturated rings. The SMILES string of the molecule is N#Cc1ccnc(N2C(=O)OCCC2C(=O)N(c2cc(F)cc(F)c2)C(C(=O)NC2CCC(F)(F)CC2)c2ccccc2Cl)c1. The van der Waals surface area contributed by atoms with Gasteiger partial charge in [-0.15, -0.1) is 0 Å². The number of rotatable bonds is 7. The molecule has 2 atom stereocenters. The summed E-state index contributed by atoms with van der Waals surface area (Å²) in [4.78, 5) is 47.6. The van der Waals surface area contributed by atoms with Crippen molar-refractivity contribution in [1.29, 1.82) is 5.26 Å². The molecule has 2 heterocycles. The van der Waals surface area contributed by atoms with Crippen molar-refractivity contribution in [2.75, 3.05) is 16.4 Å². The van der Waals surface area contributed by atoms with Crippen LogP contribution in [0.1, 0.15) is 49.3 Å². The maximum Gasteiger partial charge on any atom is 0.416 e. The first-order chi connectivity index (χ1) is 21.5. The van der Waals surface area contributed by atoms with E-state index in [1.165, 1.54) is 30.5 Å². The molecule has 5 rings (SSSR count). The zero-order valence-corrected chi connectivity index (χ0v) is 24.3. The van der Waals surface area contributed by atoms with Crippen molar-refractivity contribution in [2.24, 2.45) is 0 Å². The Labute approximate surface area is 260 Å². The number of halogens is 5. The molecule has 2 aliphatic rings. The van der Waals surface area contributed by atoms with Crippen LogP contribution >= 0.6 is 11.6 Å². The van der Waals surface area contributed by atoms with Gasteiger partial charge in [0, 0.05) is 48.2 Å². The van der Waals surface area contributed by atoms with Crippen molar-refractivity contribution in [3.63, 3.8) is 0 Å². The van der Waals surface area contributed by atoms with Gasteiger partial charge in [-0.2, -0.15) is 5.26 Å². The van der Waals surface area contributed by atoms with Crippen LogP contribution in [0.25, 0.3) is 0 Å². The Bertz CT molecular complexity index is 1640. The molecule has 3 aromatic rings. The Hall–Kier alpha value is -4.70. The monoisotopic (exact) mass is 643 g/mol.